The second kappa shape index (κ2) is 7.09. The summed E-state index contributed by atoms with van der Waals surface area (Å²) in [6.07, 6.45) is 0.735. The maximum absolute atomic E-state index is 12.6. The molecule has 4 nitrogen and oxygen atoms in total. The summed E-state index contributed by atoms with van der Waals surface area (Å²) in [6, 6.07) is 13.9. The number of thioether (sulfide) groups is 1. The summed E-state index contributed by atoms with van der Waals surface area (Å²) in [5.41, 5.74) is 5.05. The summed E-state index contributed by atoms with van der Waals surface area (Å²) >= 11 is 1.47. The number of carbonyl (C=O) groups is 1. The predicted molar refractivity (Wildman–Crippen MR) is 101 cm³/mol. The van der Waals surface area contributed by atoms with Gasteiger partial charge in [0.2, 0.25) is 5.91 Å². The maximum Gasteiger partial charge on any atom is 0.237 e. The second-order valence-electron chi connectivity index (χ2n) is 5.88. The molecular formula is C19H21N3OS. The molecular weight excluding hydrogens is 318 g/mol. The number of imidazole rings is 1. The molecule has 1 amide bonds. The molecule has 1 atom stereocenters. The minimum absolute atomic E-state index is 0.00918. The first kappa shape index (κ1) is 16.6. The summed E-state index contributed by atoms with van der Waals surface area (Å²) in [6.45, 7) is 6.07. The molecule has 0 saturated carbocycles. The molecule has 2 N–H and O–H groups in total. The monoisotopic (exact) mass is 339 g/mol. The Morgan fingerprint density at radius 3 is 2.75 bits per heavy atom. The fraction of sp³-hybridized carbons (Fsp3) is 0.263. The van der Waals surface area contributed by atoms with Gasteiger partial charge in [-0.2, -0.15) is 0 Å². The van der Waals surface area contributed by atoms with E-state index in [-0.39, 0.29) is 11.2 Å². The molecule has 3 rings (SSSR count). The largest absolute Gasteiger partial charge is 0.333 e. The number of rotatable bonds is 5. The molecule has 0 aliphatic carbocycles. The molecule has 0 saturated heterocycles. The van der Waals surface area contributed by atoms with E-state index in [9.17, 15) is 4.79 Å². The number of amides is 1. The first-order valence-corrected chi connectivity index (χ1v) is 8.94. The van der Waals surface area contributed by atoms with Gasteiger partial charge in [-0.15, -0.1) is 0 Å². The normalized spacial score (nSPS) is 12.3. The molecule has 0 aliphatic rings. The van der Waals surface area contributed by atoms with E-state index in [4.69, 9.17) is 0 Å². The van der Waals surface area contributed by atoms with Crippen molar-refractivity contribution in [3.05, 3.63) is 53.6 Å². The van der Waals surface area contributed by atoms with Crippen molar-refractivity contribution in [2.75, 3.05) is 5.32 Å². The van der Waals surface area contributed by atoms with E-state index in [0.717, 1.165) is 33.9 Å². The van der Waals surface area contributed by atoms with Crippen molar-refractivity contribution < 1.29 is 4.79 Å². The first-order valence-electron chi connectivity index (χ1n) is 8.06. The number of H-pyrrole nitrogens is 1. The van der Waals surface area contributed by atoms with E-state index >= 15 is 0 Å². The third-order valence-corrected chi connectivity index (χ3v) is 5.17. The minimum atomic E-state index is -0.189. The van der Waals surface area contributed by atoms with Crippen LogP contribution in [-0.2, 0) is 4.79 Å². The van der Waals surface area contributed by atoms with Gasteiger partial charge in [0.15, 0.2) is 5.16 Å². The number of nitrogens with zero attached hydrogens (tertiary/aromatic N) is 1. The lowest BCUT2D eigenvalue weighted by molar-refractivity contribution is -0.115. The van der Waals surface area contributed by atoms with E-state index in [1.165, 1.54) is 17.3 Å². The number of carbonyl (C=O) groups excluding carboxylic acids is 1. The maximum atomic E-state index is 12.6. The number of hydrogen-bond acceptors (Lipinski definition) is 3. The molecule has 5 heteroatoms. The van der Waals surface area contributed by atoms with Crippen molar-refractivity contribution in [2.45, 2.75) is 37.6 Å². The van der Waals surface area contributed by atoms with Crippen LogP contribution in [0.5, 0.6) is 0 Å². The van der Waals surface area contributed by atoms with Gasteiger partial charge in [0.25, 0.3) is 0 Å². The Balaban J connectivity index is 1.74. The Hall–Kier alpha value is -2.27. The fourth-order valence-electron chi connectivity index (χ4n) is 2.61. The summed E-state index contributed by atoms with van der Waals surface area (Å²) in [4.78, 5) is 20.4. The third kappa shape index (κ3) is 3.62. The van der Waals surface area contributed by atoms with Crippen LogP contribution in [0.3, 0.4) is 0 Å². The van der Waals surface area contributed by atoms with Crippen LogP contribution < -0.4 is 5.32 Å². The van der Waals surface area contributed by atoms with E-state index < -0.39 is 0 Å². The summed E-state index contributed by atoms with van der Waals surface area (Å²) in [7, 11) is 0. The quantitative estimate of drug-likeness (QED) is 0.663. The Labute approximate surface area is 146 Å². The van der Waals surface area contributed by atoms with Gasteiger partial charge in [-0.3, -0.25) is 4.79 Å². The molecule has 0 fully saturated rings. The molecule has 0 bridgehead atoms. The average molecular weight is 339 g/mol. The number of benzene rings is 2. The Bertz CT molecular complexity index is 839. The van der Waals surface area contributed by atoms with Crippen LogP contribution in [0.2, 0.25) is 0 Å². The number of nitrogens with one attached hydrogen (secondary N) is 2. The van der Waals surface area contributed by atoms with E-state index in [0.29, 0.717) is 0 Å². The van der Waals surface area contributed by atoms with Gasteiger partial charge in [0, 0.05) is 5.69 Å². The lowest BCUT2D eigenvalue weighted by Gasteiger charge is -2.15. The molecule has 0 spiro atoms. The molecule has 0 aliphatic heterocycles. The van der Waals surface area contributed by atoms with Crippen molar-refractivity contribution in [1.82, 2.24) is 9.97 Å². The van der Waals surface area contributed by atoms with Gasteiger partial charge in [0.05, 0.1) is 16.3 Å². The Morgan fingerprint density at radius 2 is 2.04 bits per heavy atom. The summed E-state index contributed by atoms with van der Waals surface area (Å²) < 4.78 is 0. The van der Waals surface area contributed by atoms with Crippen LogP contribution in [0, 0.1) is 13.8 Å². The van der Waals surface area contributed by atoms with E-state index in [1.807, 2.05) is 57.2 Å². The van der Waals surface area contributed by atoms with Crippen LogP contribution in [-0.4, -0.2) is 21.1 Å². The summed E-state index contributed by atoms with van der Waals surface area (Å²) in [5, 5.41) is 3.63. The highest BCUT2D eigenvalue weighted by Gasteiger charge is 2.20. The number of aryl methyl sites for hydroxylation is 2. The van der Waals surface area contributed by atoms with Gasteiger partial charge in [0.1, 0.15) is 0 Å². The number of aromatic nitrogens is 2. The van der Waals surface area contributed by atoms with Gasteiger partial charge < -0.3 is 10.3 Å². The SMILES string of the molecule is CCC(Sc1nc2ccccc2[nH]1)C(=O)Nc1ccc(C)cc1C. The van der Waals surface area contributed by atoms with E-state index in [1.54, 1.807) is 0 Å². The number of aromatic amines is 1. The zero-order valence-corrected chi connectivity index (χ0v) is 14.9. The Kier molecular flexibility index (Phi) is 4.90. The van der Waals surface area contributed by atoms with Crippen molar-refractivity contribution >= 4 is 34.4 Å². The molecule has 1 unspecified atom stereocenters. The standard InChI is InChI=1S/C19H21N3OS/c1-4-17(18(23)20-14-10-9-12(2)11-13(14)3)24-19-21-15-7-5-6-8-16(15)22-19/h5-11,17H,4H2,1-3H3,(H,20,23)(H,21,22). The van der Waals surface area contributed by atoms with Crippen LogP contribution in [0.25, 0.3) is 11.0 Å². The summed E-state index contributed by atoms with van der Waals surface area (Å²) in [5.74, 6) is 0.00918. The zero-order chi connectivity index (χ0) is 17.1. The number of anilines is 1. The molecule has 24 heavy (non-hydrogen) atoms. The molecule has 3 aromatic rings. The molecule has 0 radical (unpaired) electrons. The smallest absolute Gasteiger partial charge is 0.237 e. The van der Waals surface area contributed by atoms with Gasteiger partial charge >= 0.3 is 0 Å². The van der Waals surface area contributed by atoms with Crippen LogP contribution in [0.4, 0.5) is 5.69 Å². The molecule has 124 valence electrons. The second-order valence-corrected chi connectivity index (χ2v) is 7.07. The lowest BCUT2D eigenvalue weighted by Crippen LogP contribution is -2.25. The van der Waals surface area contributed by atoms with Crippen molar-refractivity contribution in [1.29, 1.82) is 0 Å². The van der Waals surface area contributed by atoms with Crippen LogP contribution in [0.15, 0.2) is 47.6 Å². The molecule has 1 aromatic heterocycles. The highest BCUT2D eigenvalue weighted by atomic mass is 32.2. The lowest BCUT2D eigenvalue weighted by atomic mass is 10.1. The third-order valence-electron chi connectivity index (χ3n) is 3.92. The van der Waals surface area contributed by atoms with Crippen LogP contribution >= 0.6 is 11.8 Å². The number of hydrogen-bond donors (Lipinski definition) is 2. The average Bonchev–Trinajstić information content (AvgIpc) is 2.97. The molecule has 1 heterocycles. The van der Waals surface area contributed by atoms with E-state index in [2.05, 4.69) is 21.4 Å². The fourth-order valence-corrected chi connectivity index (χ4v) is 3.53. The minimum Gasteiger partial charge on any atom is -0.333 e. The number of fused-ring (bicyclic) bond motifs is 1. The van der Waals surface area contributed by atoms with Crippen LogP contribution in [0.1, 0.15) is 24.5 Å². The van der Waals surface area contributed by atoms with Gasteiger partial charge in [-0.25, -0.2) is 4.98 Å². The first-order chi connectivity index (χ1) is 11.6. The zero-order valence-electron chi connectivity index (χ0n) is 14.1. The number of para-hydroxylation sites is 2. The van der Waals surface area contributed by atoms with Crippen molar-refractivity contribution in [3.8, 4) is 0 Å². The van der Waals surface area contributed by atoms with Crippen molar-refractivity contribution in [3.63, 3.8) is 0 Å². The van der Waals surface area contributed by atoms with Crippen molar-refractivity contribution in [2.24, 2.45) is 0 Å². The van der Waals surface area contributed by atoms with Gasteiger partial charge in [-0.05, 0) is 44.0 Å². The van der Waals surface area contributed by atoms with Gasteiger partial charge in [-0.1, -0.05) is 48.5 Å². The molecule has 2 aromatic carbocycles. The highest BCUT2D eigenvalue weighted by molar-refractivity contribution is 8.00. The Morgan fingerprint density at radius 1 is 1.25 bits per heavy atom. The topological polar surface area (TPSA) is 57.8 Å². The predicted octanol–water partition coefficient (Wildman–Crippen LogP) is 4.69. The highest BCUT2D eigenvalue weighted by Crippen LogP contribution is 2.27.